The minimum atomic E-state index is 0.361. The van der Waals surface area contributed by atoms with Gasteiger partial charge in [0.15, 0.2) is 0 Å². The molecule has 1 aromatic heterocycles. The fraction of sp³-hybridized carbons (Fsp3) is 0.412. The van der Waals surface area contributed by atoms with Crippen molar-refractivity contribution in [2.24, 2.45) is 0 Å². The summed E-state index contributed by atoms with van der Waals surface area (Å²) < 4.78 is 0.700. The standard InChI is InChI=1S/C17H20N2S/c1-11(2)15-10-16(20)19-17(18-15)14-9-5-7-12-6-3-4-8-13(12)14/h3-4,6,8,10-11,14H,5,7,9H2,1-2H3,(H,18,19,20). The first-order valence-electron chi connectivity index (χ1n) is 7.34. The molecule has 0 saturated heterocycles. The average molecular weight is 284 g/mol. The molecule has 1 N–H and O–H groups in total. The molecule has 0 saturated carbocycles. The second-order valence-electron chi connectivity index (χ2n) is 5.86. The summed E-state index contributed by atoms with van der Waals surface area (Å²) in [5, 5.41) is 0. The van der Waals surface area contributed by atoms with Crippen molar-refractivity contribution in [3.8, 4) is 0 Å². The van der Waals surface area contributed by atoms with Gasteiger partial charge in [0.1, 0.15) is 10.5 Å². The first-order chi connectivity index (χ1) is 9.65. The number of rotatable bonds is 2. The molecule has 1 aliphatic rings. The third kappa shape index (κ3) is 2.55. The number of nitrogens with zero attached hydrogens (tertiary/aromatic N) is 1. The van der Waals surface area contributed by atoms with Gasteiger partial charge >= 0.3 is 0 Å². The Labute approximate surface area is 125 Å². The number of hydrogen-bond acceptors (Lipinski definition) is 2. The third-order valence-corrected chi connectivity index (χ3v) is 4.31. The van der Waals surface area contributed by atoms with E-state index in [0.29, 0.717) is 16.5 Å². The van der Waals surface area contributed by atoms with Gasteiger partial charge in [-0.05, 0) is 42.4 Å². The molecule has 0 spiro atoms. The molecule has 0 bridgehead atoms. The first kappa shape index (κ1) is 13.5. The van der Waals surface area contributed by atoms with Crippen molar-refractivity contribution in [1.29, 1.82) is 0 Å². The molecule has 1 atom stereocenters. The smallest absolute Gasteiger partial charge is 0.130 e. The van der Waals surface area contributed by atoms with Gasteiger partial charge in [-0.3, -0.25) is 0 Å². The van der Waals surface area contributed by atoms with Crippen molar-refractivity contribution in [2.45, 2.75) is 44.9 Å². The normalized spacial score (nSPS) is 18.1. The van der Waals surface area contributed by atoms with Gasteiger partial charge in [-0.25, -0.2) is 4.98 Å². The number of H-pyrrole nitrogens is 1. The molecule has 1 heterocycles. The van der Waals surface area contributed by atoms with E-state index in [4.69, 9.17) is 12.2 Å². The maximum Gasteiger partial charge on any atom is 0.130 e. The summed E-state index contributed by atoms with van der Waals surface area (Å²) in [5.74, 6) is 1.84. The summed E-state index contributed by atoms with van der Waals surface area (Å²) in [6.07, 6.45) is 3.55. The topological polar surface area (TPSA) is 28.7 Å². The first-order valence-corrected chi connectivity index (χ1v) is 7.75. The Balaban J connectivity index is 2.08. The van der Waals surface area contributed by atoms with Crippen LogP contribution in [0.5, 0.6) is 0 Å². The molecule has 3 rings (SSSR count). The maximum atomic E-state index is 5.34. The Morgan fingerprint density at radius 1 is 1.30 bits per heavy atom. The third-order valence-electron chi connectivity index (χ3n) is 4.10. The van der Waals surface area contributed by atoms with E-state index in [1.54, 1.807) is 0 Å². The van der Waals surface area contributed by atoms with Gasteiger partial charge in [0.05, 0.1) is 0 Å². The van der Waals surface area contributed by atoms with Crippen LogP contribution in [0.15, 0.2) is 30.3 Å². The fourth-order valence-corrected chi connectivity index (χ4v) is 3.24. The lowest BCUT2D eigenvalue weighted by atomic mass is 9.82. The predicted octanol–water partition coefficient (Wildman–Crippen LogP) is 4.73. The second-order valence-corrected chi connectivity index (χ2v) is 6.28. The van der Waals surface area contributed by atoms with Crippen LogP contribution in [-0.2, 0) is 6.42 Å². The van der Waals surface area contributed by atoms with E-state index < -0.39 is 0 Å². The van der Waals surface area contributed by atoms with Crippen LogP contribution in [-0.4, -0.2) is 9.97 Å². The van der Waals surface area contributed by atoms with E-state index in [0.717, 1.165) is 12.2 Å². The largest absolute Gasteiger partial charge is 0.346 e. The van der Waals surface area contributed by atoms with Crippen LogP contribution in [0.4, 0.5) is 0 Å². The Hall–Kier alpha value is -1.48. The number of aromatic amines is 1. The van der Waals surface area contributed by atoms with Crippen LogP contribution in [0.3, 0.4) is 0 Å². The number of fused-ring (bicyclic) bond motifs is 1. The minimum Gasteiger partial charge on any atom is -0.346 e. The van der Waals surface area contributed by atoms with E-state index in [9.17, 15) is 0 Å². The van der Waals surface area contributed by atoms with Gasteiger partial charge in [0.2, 0.25) is 0 Å². The lowest BCUT2D eigenvalue weighted by Crippen LogP contribution is -2.15. The summed E-state index contributed by atoms with van der Waals surface area (Å²) in [4.78, 5) is 8.12. The van der Waals surface area contributed by atoms with Crippen LogP contribution >= 0.6 is 12.2 Å². The van der Waals surface area contributed by atoms with Crippen molar-refractivity contribution in [1.82, 2.24) is 9.97 Å². The van der Waals surface area contributed by atoms with Gasteiger partial charge < -0.3 is 4.98 Å². The Bertz CT molecular complexity index is 673. The highest BCUT2D eigenvalue weighted by molar-refractivity contribution is 7.71. The lowest BCUT2D eigenvalue weighted by molar-refractivity contribution is 0.584. The molecule has 0 amide bonds. The van der Waals surface area contributed by atoms with Crippen LogP contribution in [0, 0.1) is 4.64 Å². The molecular formula is C17H20N2S. The number of aryl methyl sites for hydroxylation is 1. The predicted molar refractivity (Wildman–Crippen MR) is 84.7 cm³/mol. The summed E-state index contributed by atoms with van der Waals surface area (Å²) in [7, 11) is 0. The summed E-state index contributed by atoms with van der Waals surface area (Å²) in [6, 6.07) is 10.7. The quantitative estimate of drug-likeness (QED) is 0.808. The van der Waals surface area contributed by atoms with Gasteiger partial charge in [0, 0.05) is 11.6 Å². The van der Waals surface area contributed by atoms with Crippen LogP contribution in [0.25, 0.3) is 0 Å². The monoisotopic (exact) mass is 284 g/mol. The van der Waals surface area contributed by atoms with E-state index in [1.807, 2.05) is 6.07 Å². The van der Waals surface area contributed by atoms with E-state index >= 15 is 0 Å². The summed E-state index contributed by atoms with van der Waals surface area (Å²) in [6.45, 7) is 4.36. The van der Waals surface area contributed by atoms with Gasteiger partial charge in [-0.2, -0.15) is 0 Å². The summed E-state index contributed by atoms with van der Waals surface area (Å²) in [5.41, 5.74) is 4.06. The van der Waals surface area contributed by atoms with Gasteiger partial charge in [0.25, 0.3) is 0 Å². The average Bonchev–Trinajstić information content (AvgIpc) is 2.46. The zero-order valence-corrected chi connectivity index (χ0v) is 12.8. The van der Waals surface area contributed by atoms with Crippen molar-refractivity contribution in [3.63, 3.8) is 0 Å². The van der Waals surface area contributed by atoms with Crippen molar-refractivity contribution >= 4 is 12.2 Å². The Morgan fingerprint density at radius 2 is 2.10 bits per heavy atom. The van der Waals surface area contributed by atoms with Gasteiger partial charge in [-0.1, -0.05) is 50.3 Å². The zero-order chi connectivity index (χ0) is 14.1. The molecule has 0 radical (unpaired) electrons. The number of hydrogen-bond donors (Lipinski definition) is 1. The fourth-order valence-electron chi connectivity index (χ4n) is 3.01. The highest BCUT2D eigenvalue weighted by Gasteiger charge is 2.23. The molecule has 2 aromatic rings. The van der Waals surface area contributed by atoms with E-state index in [-0.39, 0.29) is 0 Å². The molecule has 104 valence electrons. The molecule has 1 unspecified atom stereocenters. The van der Waals surface area contributed by atoms with E-state index in [2.05, 4.69) is 48.1 Å². The van der Waals surface area contributed by atoms with E-state index in [1.165, 1.54) is 29.7 Å². The zero-order valence-electron chi connectivity index (χ0n) is 12.0. The van der Waals surface area contributed by atoms with Crippen LogP contribution in [0.1, 0.15) is 61.2 Å². The lowest BCUT2D eigenvalue weighted by Gasteiger charge is -2.25. The number of nitrogens with one attached hydrogen (secondary N) is 1. The molecular weight excluding hydrogens is 264 g/mol. The van der Waals surface area contributed by atoms with Crippen molar-refractivity contribution in [3.05, 3.63) is 57.6 Å². The highest BCUT2D eigenvalue weighted by Crippen LogP contribution is 2.35. The molecule has 3 heteroatoms. The van der Waals surface area contributed by atoms with Crippen LogP contribution < -0.4 is 0 Å². The number of benzene rings is 1. The summed E-state index contributed by atoms with van der Waals surface area (Å²) >= 11 is 5.34. The Kier molecular flexibility index (Phi) is 3.70. The Morgan fingerprint density at radius 3 is 2.90 bits per heavy atom. The molecule has 20 heavy (non-hydrogen) atoms. The van der Waals surface area contributed by atoms with Gasteiger partial charge in [-0.15, -0.1) is 0 Å². The SMILES string of the molecule is CC(C)c1cc(=S)nc(C2CCCc3ccccc32)[nH]1. The molecule has 1 aliphatic carbocycles. The highest BCUT2D eigenvalue weighted by atomic mass is 32.1. The van der Waals surface area contributed by atoms with Crippen molar-refractivity contribution in [2.75, 3.05) is 0 Å². The maximum absolute atomic E-state index is 5.34. The minimum absolute atomic E-state index is 0.361. The van der Waals surface area contributed by atoms with Crippen molar-refractivity contribution < 1.29 is 0 Å². The second kappa shape index (κ2) is 5.49. The molecule has 2 nitrogen and oxygen atoms in total. The molecule has 1 aromatic carbocycles. The number of aromatic nitrogens is 2. The molecule has 0 aliphatic heterocycles. The van der Waals surface area contributed by atoms with Crippen LogP contribution in [0.2, 0.25) is 0 Å². The molecule has 0 fully saturated rings.